The van der Waals surface area contributed by atoms with Gasteiger partial charge in [0, 0.05) is 41.3 Å². The highest BCUT2D eigenvalue weighted by atomic mass is 32.2. The van der Waals surface area contributed by atoms with Crippen LogP contribution >= 0.6 is 24.6 Å². The van der Waals surface area contributed by atoms with Crippen LogP contribution in [0.1, 0.15) is 12.8 Å². The van der Waals surface area contributed by atoms with E-state index in [0.29, 0.717) is 0 Å². The second kappa shape index (κ2) is 8.97. The quantitative estimate of drug-likeness (QED) is 0.440. The first-order valence-corrected chi connectivity index (χ1v) is 11.3. The summed E-state index contributed by atoms with van der Waals surface area (Å²) < 4.78 is 1.54. The van der Waals surface area contributed by atoms with Gasteiger partial charge in [0.05, 0.1) is 0 Å². The summed E-state index contributed by atoms with van der Waals surface area (Å²) in [6, 6.07) is 18.1. The molecule has 5 nitrogen and oxygen atoms in total. The van der Waals surface area contributed by atoms with Gasteiger partial charge in [-0.2, -0.15) is 0 Å². The number of carbonyl (C=O) groups excluding carboxylic acids is 1. The molecule has 0 radical (unpaired) electrons. The van der Waals surface area contributed by atoms with Gasteiger partial charge < -0.3 is 10.2 Å². The number of aromatic nitrogens is 1. The summed E-state index contributed by atoms with van der Waals surface area (Å²) in [7, 11) is 0. The smallest absolute Gasteiger partial charge is 0.331 e. The fourth-order valence-electron chi connectivity index (χ4n) is 3.73. The van der Waals surface area contributed by atoms with Gasteiger partial charge >= 0.3 is 6.03 Å². The molecule has 7 heteroatoms. The zero-order valence-electron chi connectivity index (χ0n) is 16.3. The Kier molecular flexibility index (Phi) is 6.16. The molecule has 1 N–H and O–H groups in total. The molecule has 0 unspecified atom stereocenters. The van der Waals surface area contributed by atoms with Crippen LogP contribution in [0.4, 0.5) is 16.3 Å². The second-order valence-electron chi connectivity index (χ2n) is 7.08. The molecule has 1 fully saturated rings. The predicted molar refractivity (Wildman–Crippen MR) is 125 cm³/mol. The lowest BCUT2D eigenvalue weighted by atomic mass is 10.0. The number of thiol groups is 1. The molecular formula is C22H24N4OS2. The van der Waals surface area contributed by atoms with Crippen LogP contribution in [0.2, 0.25) is 0 Å². The largest absolute Gasteiger partial charge is 0.356 e. The number of nitrogens with zero attached hydrogens (tertiary/aromatic N) is 3. The molecule has 150 valence electrons. The molecule has 29 heavy (non-hydrogen) atoms. The molecule has 0 atom stereocenters. The molecule has 0 spiro atoms. The molecular weight excluding hydrogens is 400 g/mol. The monoisotopic (exact) mass is 424 g/mol. The van der Waals surface area contributed by atoms with E-state index in [-0.39, 0.29) is 12.1 Å². The molecule has 3 aromatic rings. The van der Waals surface area contributed by atoms with Crippen molar-refractivity contribution in [3.63, 3.8) is 0 Å². The first-order chi connectivity index (χ1) is 14.2. The van der Waals surface area contributed by atoms with Crippen molar-refractivity contribution in [2.24, 2.45) is 0 Å². The van der Waals surface area contributed by atoms with Crippen molar-refractivity contribution in [2.75, 3.05) is 29.6 Å². The van der Waals surface area contributed by atoms with E-state index < -0.39 is 0 Å². The van der Waals surface area contributed by atoms with Gasteiger partial charge in [0.1, 0.15) is 5.82 Å². The van der Waals surface area contributed by atoms with Crippen LogP contribution in [0, 0.1) is 0 Å². The van der Waals surface area contributed by atoms with Crippen molar-refractivity contribution in [3.8, 4) is 0 Å². The van der Waals surface area contributed by atoms with E-state index in [9.17, 15) is 4.79 Å². The lowest BCUT2D eigenvalue weighted by Gasteiger charge is -2.36. The number of amides is 2. The van der Waals surface area contributed by atoms with Crippen molar-refractivity contribution < 1.29 is 4.79 Å². The number of piperidine rings is 1. The Hall–Kier alpha value is -2.38. The molecule has 2 amide bonds. The van der Waals surface area contributed by atoms with Gasteiger partial charge in [-0.1, -0.05) is 43.1 Å². The van der Waals surface area contributed by atoms with Gasteiger partial charge in [-0.05, 0) is 48.7 Å². The molecule has 2 aromatic carbocycles. The average Bonchev–Trinajstić information content (AvgIpc) is 2.78. The minimum atomic E-state index is -0.187. The van der Waals surface area contributed by atoms with Crippen LogP contribution in [0.5, 0.6) is 0 Å². The van der Waals surface area contributed by atoms with Gasteiger partial charge in [-0.15, -0.1) is 11.8 Å². The topological polar surface area (TPSA) is 48.5 Å². The SMILES string of the molecule is CSc1cccc(NC(=O)N(S)C2CCN(c3nccc4ccccc34)CC2)c1. The van der Waals surface area contributed by atoms with Gasteiger partial charge in [0.2, 0.25) is 0 Å². The molecule has 2 heterocycles. The number of fused-ring (bicyclic) bond motifs is 1. The van der Waals surface area contributed by atoms with E-state index >= 15 is 0 Å². The van der Waals surface area contributed by atoms with Crippen molar-refractivity contribution in [3.05, 3.63) is 60.8 Å². The maximum absolute atomic E-state index is 12.6. The third-order valence-corrected chi connectivity index (χ3v) is 6.53. The Morgan fingerprint density at radius 1 is 1.17 bits per heavy atom. The second-order valence-corrected chi connectivity index (χ2v) is 8.39. The third kappa shape index (κ3) is 4.46. The third-order valence-electron chi connectivity index (χ3n) is 5.29. The molecule has 0 bridgehead atoms. The number of pyridine rings is 1. The minimum absolute atomic E-state index is 0.0910. The number of nitrogens with one attached hydrogen (secondary N) is 1. The zero-order chi connectivity index (χ0) is 20.2. The van der Waals surface area contributed by atoms with E-state index in [1.807, 2.05) is 54.9 Å². The van der Waals surface area contributed by atoms with E-state index in [0.717, 1.165) is 42.3 Å². The lowest BCUT2D eigenvalue weighted by molar-refractivity contribution is 0.223. The fourth-order valence-corrected chi connectivity index (χ4v) is 4.47. The van der Waals surface area contributed by atoms with Crippen LogP contribution in [0.15, 0.2) is 65.7 Å². The number of urea groups is 1. The lowest BCUT2D eigenvalue weighted by Crippen LogP contribution is -2.45. The van der Waals surface area contributed by atoms with E-state index in [4.69, 9.17) is 0 Å². The number of rotatable bonds is 4. The molecule has 0 aliphatic carbocycles. The van der Waals surface area contributed by atoms with Crippen molar-refractivity contribution in [1.29, 1.82) is 0 Å². The maximum atomic E-state index is 12.6. The summed E-state index contributed by atoms with van der Waals surface area (Å²) in [5, 5.41) is 5.32. The highest BCUT2D eigenvalue weighted by molar-refractivity contribution is 7.98. The van der Waals surface area contributed by atoms with E-state index in [1.54, 1.807) is 16.1 Å². The van der Waals surface area contributed by atoms with E-state index in [2.05, 4.69) is 40.1 Å². The Labute approximate surface area is 181 Å². The summed E-state index contributed by atoms with van der Waals surface area (Å²) in [5.41, 5.74) is 0.790. The summed E-state index contributed by atoms with van der Waals surface area (Å²) in [6.07, 6.45) is 5.59. The fraction of sp³-hybridized carbons (Fsp3) is 0.273. The number of carbonyl (C=O) groups is 1. The molecule has 0 saturated carbocycles. The highest BCUT2D eigenvalue weighted by Crippen LogP contribution is 2.28. The molecule has 1 aliphatic heterocycles. The van der Waals surface area contributed by atoms with Crippen LogP contribution in [-0.2, 0) is 0 Å². The molecule has 1 aliphatic rings. The van der Waals surface area contributed by atoms with Crippen LogP contribution in [0.25, 0.3) is 10.8 Å². The summed E-state index contributed by atoms with van der Waals surface area (Å²) in [6.45, 7) is 1.69. The standard InChI is InChI=1S/C22H24N4OS2/c1-29-19-7-4-6-17(15-19)24-22(27)26(28)18-10-13-25(14-11-18)21-20-8-3-2-5-16(20)9-12-23-21/h2-9,12,15,18,28H,10-11,13-14H2,1H3,(H,24,27). The van der Waals surface area contributed by atoms with Crippen molar-refractivity contribution >= 4 is 52.9 Å². The number of anilines is 2. The first kappa shape index (κ1) is 19.9. The summed E-state index contributed by atoms with van der Waals surface area (Å²) in [5.74, 6) is 1.02. The normalized spacial score (nSPS) is 14.8. The van der Waals surface area contributed by atoms with Crippen molar-refractivity contribution in [2.45, 2.75) is 23.8 Å². The van der Waals surface area contributed by atoms with Gasteiger partial charge in [0.25, 0.3) is 0 Å². The minimum Gasteiger partial charge on any atom is -0.356 e. The molecule has 1 saturated heterocycles. The van der Waals surface area contributed by atoms with Gasteiger partial charge in [-0.25, -0.2) is 9.78 Å². The Bertz CT molecular complexity index is 1000. The van der Waals surface area contributed by atoms with Crippen molar-refractivity contribution in [1.82, 2.24) is 9.29 Å². The highest BCUT2D eigenvalue weighted by Gasteiger charge is 2.27. The van der Waals surface area contributed by atoms with Crippen LogP contribution in [0.3, 0.4) is 0 Å². The Balaban J connectivity index is 1.39. The zero-order valence-corrected chi connectivity index (χ0v) is 18.0. The maximum Gasteiger partial charge on any atom is 0.331 e. The Morgan fingerprint density at radius 2 is 1.97 bits per heavy atom. The Morgan fingerprint density at radius 3 is 2.76 bits per heavy atom. The first-order valence-electron chi connectivity index (χ1n) is 9.67. The van der Waals surface area contributed by atoms with Gasteiger partial charge in [-0.3, -0.25) is 4.31 Å². The number of thioether (sulfide) groups is 1. The number of hydrogen-bond acceptors (Lipinski definition) is 5. The van der Waals surface area contributed by atoms with Crippen LogP contribution < -0.4 is 10.2 Å². The molecule has 1 aromatic heterocycles. The van der Waals surface area contributed by atoms with E-state index in [1.165, 1.54) is 10.8 Å². The van der Waals surface area contributed by atoms with Crippen LogP contribution in [-0.4, -0.2) is 40.7 Å². The summed E-state index contributed by atoms with van der Waals surface area (Å²) >= 11 is 6.15. The summed E-state index contributed by atoms with van der Waals surface area (Å²) in [4.78, 5) is 20.7. The van der Waals surface area contributed by atoms with Gasteiger partial charge in [0.15, 0.2) is 0 Å². The number of benzene rings is 2. The number of hydrogen-bond donors (Lipinski definition) is 2. The molecule has 4 rings (SSSR count). The average molecular weight is 425 g/mol. The predicted octanol–water partition coefficient (Wildman–Crippen LogP) is 5.30.